The first-order valence-corrected chi connectivity index (χ1v) is 5.94. The van der Waals surface area contributed by atoms with Crippen molar-refractivity contribution in [2.75, 3.05) is 5.73 Å². The summed E-state index contributed by atoms with van der Waals surface area (Å²) >= 11 is 5.86. The molecule has 2 N–H and O–H groups in total. The van der Waals surface area contributed by atoms with Gasteiger partial charge < -0.3 is 5.73 Å². The van der Waals surface area contributed by atoms with E-state index >= 15 is 0 Å². The highest BCUT2D eigenvalue weighted by Crippen LogP contribution is 2.31. The molecule has 0 amide bonds. The van der Waals surface area contributed by atoms with Crippen LogP contribution in [0.4, 0.5) is 19.1 Å². The summed E-state index contributed by atoms with van der Waals surface area (Å²) in [4.78, 5) is 3.84. The van der Waals surface area contributed by atoms with E-state index < -0.39 is 17.5 Å². The Kier molecular flexibility index (Phi) is 2.83. The van der Waals surface area contributed by atoms with Crippen LogP contribution in [0.25, 0.3) is 16.7 Å². The number of hydrogen-bond acceptors (Lipinski definition) is 2. The van der Waals surface area contributed by atoms with Crippen molar-refractivity contribution in [3.63, 3.8) is 0 Å². The number of anilines is 1. The van der Waals surface area contributed by atoms with Gasteiger partial charge in [-0.25, -0.2) is 18.2 Å². The molecule has 0 radical (unpaired) electrons. The summed E-state index contributed by atoms with van der Waals surface area (Å²) in [5, 5.41) is -0.183. The first-order valence-electron chi connectivity index (χ1n) is 5.56. The largest absolute Gasteiger partial charge is 0.369 e. The Bertz CT molecular complexity index is 806. The predicted molar refractivity (Wildman–Crippen MR) is 70.4 cm³/mol. The van der Waals surface area contributed by atoms with Crippen LogP contribution in [-0.2, 0) is 0 Å². The van der Waals surface area contributed by atoms with Crippen LogP contribution in [0.15, 0.2) is 30.3 Å². The second-order valence-corrected chi connectivity index (χ2v) is 4.54. The van der Waals surface area contributed by atoms with Crippen LogP contribution in [0.2, 0.25) is 5.02 Å². The number of nitrogens with zero attached hydrogens (tertiary/aromatic N) is 2. The Labute approximate surface area is 116 Å². The summed E-state index contributed by atoms with van der Waals surface area (Å²) < 4.78 is 41.8. The smallest absolute Gasteiger partial charge is 0.206 e. The average molecular weight is 298 g/mol. The van der Waals surface area contributed by atoms with Crippen LogP contribution in [0.1, 0.15) is 0 Å². The van der Waals surface area contributed by atoms with Gasteiger partial charge in [-0.05, 0) is 18.2 Å². The molecule has 3 nitrogen and oxygen atoms in total. The van der Waals surface area contributed by atoms with E-state index in [2.05, 4.69) is 4.98 Å². The van der Waals surface area contributed by atoms with E-state index in [0.717, 1.165) is 10.6 Å². The molecule has 102 valence electrons. The maximum atomic E-state index is 14.0. The maximum absolute atomic E-state index is 14.0. The van der Waals surface area contributed by atoms with E-state index in [-0.39, 0.29) is 27.7 Å². The topological polar surface area (TPSA) is 43.8 Å². The van der Waals surface area contributed by atoms with Gasteiger partial charge in [0.05, 0.1) is 10.5 Å². The Morgan fingerprint density at radius 1 is 1.10 bits per heavy atom. The van der Waals surface area contributed by atoms with Crippen molar-refractivity contribution in [1.29, 1.82) is 0 Å². The number of rotatable bonds is 1. The molecule has 0 saturated carbocycles. The summed E-state index contributed by atoms with van der Waals surface area (Å²) in [6.45, 7) is 0. The minimum Gasteiger partial charge on any atom is -0.369 e. The lowest BCUT2D eigenvalue weighted by molar-refractivity contribution is 0.579. The summed E-state index contributed by atoms with van der Waals surface area (Å²) in [5.74, 6) is -2.46. The van der Waals surface area contributed by atoms with E-state index in [4.69, 9.17) is 17.3 Å². The second-order valence-electron chi connectivity index (χ2n) is 4.13. The lowest BCUT2D eigenvalue weighted by Crippen LogP contribution is -2.04. The minimum absolute atomic E-state index is 0.00945. The normalized spacial score (nSPS) is 11.2. The number of fused-ring (bicyclic) bond motifs is 1. The van der Waals surface area contributed by atoms with Crippen LogP contribution in [0.5, 0.6) is 0 Å². The van der Waals surface area contributed by atoms with Gasteiger partial charge in [0.2, 0.25) is 5.95 Å². The lowest BCUT2D eigenvalue weighted by atomic mass is 10.2. The van der Waals surface area contributed by atoms with Gasteiger partial charge in [0.15, 0.2) is 11.6 Å². The first kappa shape index (κ1) is 12.8. The molecule has 0 aliphatic heterocycles. The monoisotopic (exact) mass is 297 g/mol. The SMILES string of the molecule is Nc1nc2c(F)cccc2n1-c1c(F)cc(F)cc1Cl. The molecule has 0 saturated heterocycles. The number of benzene rings is 2. The molecule has 0 fully saturated rings. The third-order valence-electron chi connectivity index (χ3n) is 2.87. The Hall–Kier alpha value is -2.21. The van der Waals surface area contributed by atoms with Gasteiger partial charge >= 0.3 is 0 Å². The van der Waals surface area contributed by atoms with Gasteiger partial charge in [-0.3, -0.25) is 4.57 Å². The maximum Gasteiger partial charge on any atom is 0.206 e. The highest BCUT2D eigenvalue weighted by Gasteiger charge is 2.19. The van der Waals surface area contributed by atoms with Crippen molar-refractivity contribution in [2.24, 2.45) is 0 Å². The van der Waals surface area contributed by atoms with Crippen LogP contribution in [0, 0.1) is 17.5 Å². The molecule has 3 rings (SSSR count). The van der Waals surface area contributed by atoms with E-state index in [1.165, 1.54) is 18.2 Å². The van der Waals surface area contributed by atoms with Crippen LogP contribution in [0.3, 0.4) is 0 Å². The van der Waals surface area contributed by atoms with Gasteiger partial charge in [0, 0.05) is 6.07 Å². The standard InChI is InChI=1S/C13H7ClF3N3/c14-7-4-6(15)5-9(17)12(7)20-10-3-1-2-8(16)11(10)19-13(20)18/h1-5H,(H2,18,19). The molecule has 1 heterocycles. The minimum atomic E-state index is -0.912. The molecule has 3 aromatic rings. The Morgan fingerprint density at radius 3 is 2.55 bits per heavy atom. The third-order valence-corrected chi connectivity index (χ3v) is 3.16. The number of para-hydroxylation sites is 1. The summed E-state index contributed by atoms with van der Waals surface area (Å²) in [5.41, 5.74) is 5.76. The van der Waals surface area contributed by atoms with Gasteiger partial charge in [-0.2, -0.15) is 0 Å². The molecule has 0 aliphatic carbocycles. The van der Waals surface area contributed by atoms with Crippen LogP contribution < -0.4 is 5.73 Å². The van der Waals surface area contributed by atoms with E-state index in [0.29, 0.717) is 6.07 Å². The van der Waals surface area contributed by atoms with Crippen molar-refractivity contribution in [3.05, 3.63) is 52.8 Å². The zero-order valence-electron chi connectivity index (χ0n) is 9.87. The summed E-state index contributed by atoms with van der Waals surface area (Å²) in [6, 6.07) is 5.78. The second kappa shape index (κ2) is 4.42. The number of hydrogen-bond donors (Lipinski definition) is 1. The number of nitrogens with two attached hydrogens (primary N) is 1. The highest BCUT2D eigenvalue weighted by atomic mass is 35.5. The number of aromatic nitrogens is 2. The fraction of sp³-hybridized carbons (Fsp3) is 0. The van der Waals surface area contributed by atoms with Crippen molar-refractivity contribution in [3.8, 4) is 5.69 Å². The van der Waals surface area contributed by atoms with E-state index in [9.17, 15) is 13.2 Å². The fourth-order valence-electron chi connectivity index (χ4n) is 2.07. The van der Waals surface area contributed by atoms with Crippen molar-refractivity contribution in [1.82, 2.24) is 9.55 Å². The number of halogens is 4. The van der Waals surface area contributed by atoms with Crippen LogP contribution >= 0.6 is 11.6 Å². The van der Waals surface area contributed by atoms with Gasteiger partial charge in [-0.1, -0.05) is 17.7 Å². The lowest BCUT2D eigenvalue weighted by Gasteiger charge is -2.10. The fourth-order valence-corrected chi connectivity index (χ4v) is 2.35. The summed E-state index contributed by atoms with van der Waals surface area (Å²) in [6.07, 6.45) is 0. The molecular weight excluding hydrogens is 291 g/mol. The van der Waals surface area contributed by atoms with Gasteiger partial charge in [-0.15, -0.1) is 0 Å². The highest BCUT2D eigenvalue weighted by molar-refractivity contribution is 6.32. The van der Waals surface area contributed by atoms with E-state index in [1.54, 1.807) is 0 Å². The molecule has 0 atom stereocenters. The van der Waals surface area contributed by atoms with Gasteiger partial charge in [0.25, 0.3) is 0 Å². The number of nitrogen functional groups attached to an aromatic ring is 1. The van der Waals surface area contributed by atoms with Crippen LogP contribution in [-0.4, -0.2) is 9.55 Å². The third kappa shape index (κ3) is 1.80. The Balaban J connectivity index is 2.42. The van der Waals surface area contributed by atoms with E-state index in [1.807, 2.05) is 0 Å². The molecule has 0 aliphatic rings. The van der Waals surface area contributed by atoms with Crippen molar-refractivity contribution >= 4 is 28.6 Å². The quantitative estimate of drug-likeness (QED) is 0.744. The predicted octanol–water partition coefficient (Wildman–Crippen LogP) is 3.68. The van der Waals surface area contributed by atoms with Gasteiger partial charge in [0.1, 0.15) is 17.0 Å². The molecule has 0 spiro atoms. The molecular formula is C13H7ClF3N3. The molecule has 20 heavy (non-hydrogen) atoms. The van der Waals surface area contributed by atoms with Crippen molar-refractivity contribution < 1.29 is 13.2 Å². The molecule has 1 aromatic heterocycles. The zero-order chi connectivity index (χ0) is 14.4. The molecule has 0 bridgehead atoms. The number of imidazole rings is 1. The average Bonchev–Trinajstić information content (AvgIpc) is 2.67. The Morgan fingerprint density at radius 2 is 1.85 bits per heavy atom. The first-order chi connectivity index (χ1) is 9.49. The summed E-state index contributed by atoms with van der Waals surface area (Å²) in [7, 11) is 0. The van der Waals surface area contributed by atoms with Crippen molar-refractivity contribution in [2.45, 2.75) is 0 Å². The zero-order valence-corrected chi connectivity index (χ0v) is 10.6. The molecule has 0 unspecified atom stereocenters. The molecule has 7 heteroatoms. The molecule has 2 aromatic carbocycles.